The summed E-state index contributed by atoms with van der Waals surface area (Å²) in [5.41, 5.74) is 6.49. The second-order valence-corrected chi connectivity index (χ2v) is 10.3. The lowest BCUT2D eigenvalue weighted by atomic mass is 9.84. The summed E-state index contributed by atoms with van der Waals surface area (Å²) < 4.78 is 0. The van der Waals surface area contributed by atoms with Crippen molar-refractivity contribution in [3.05, 3.63) is 82.6 Å². The summed E-state index contributed by atoms with van der Waals surface area (Å²) >= 11 is 1.32. The monoisotopic (exact) mass is 513 g/mol. The molecule has 0 spiro atoms. The van der Waals surface area contributed by atoms with E-state index in [-0.39, 0.29) is 30.4 Å². The Labute approximate surface area is 218 Å². The standard InChI is InChI=1S/C28H27N5O3S/c1-17-12-29-13-23(31-17)19-4-3-5-20(10-19)24-15-37-27(32-24)33-25(35)14-30-26(36)21-7-6-18-8-9-28(2,16-34)22(18)11-21/h3-7,10-13,15,34H,8-9,14,16H2,1-2H3,(H,30,36)(H,32,33,35)/t28-/m1/s1. The number of carbonyl (C=O) groups excluding carboxylic acids is 2. The zero-order valence-corrected chi connectivity index (χ0v) is 21.4. The molecule has 3 N–H and O–H groups in total. The molecule has 2 heterocycles. The second-order valence-electron chi connectivity index (χ2n) is 9.49. The molecule has 37 heavy (non-hydrogen) atoms. The number of rotatable bonds is 7. The van der Waals surface area contributed by atoms with Crippen molar-refractivity contribution in [3.63, 3.8) is 0 Å². The van der Waals surface area contributed by atoms with E-state index in [9.17, 15) is 14.7 Å². The number of hydrogen-bond acceptors (Lipinski definition) is 7. The number of carbonyl (C=O) groups is 2. The first-order valence-corrected chi connectivity index (χ1v) is 12.9. The molecule has 1 aliphatic rings. The van der Waals surface area contributed by atoms with Crippen molar-refractivity contribution in [2.75, 3.05) is 18.5 Å². The number of fused-ring (bicyclic) bond motifs is 1. The quantitative estimate of drug-likeness (QED) is 0.342. The number of anilines is 1. The van der Waals surface area contributed by atoms with Crippen LogP contribution in [-0.2, 0) is 16.6 Å². The van der Waals surface area contributed by atoms with Crippen molar-refractivity contribution in [3.8, 4) is 22.5 Å². The molecular formula is C28H27N5O3S. The molecule has 4 aromatic rings. The summed E-state index contributed by atoms with van der Waals surface area (Å²) in [5.74, 6) is -0.694. The van der Waals surface area contributed by atoms with Crippen LogP contribution in [0.3, 0.4) is 0 Å². The molecular weight excluding hydrogens is 486 g/mol. The van der Waals surface area contributed by atoms with Gasteiger partial charge in [-0.3, -0.25) is 14.6 Å². The first-order chi connectivity index (χ1) is 17.8. The number of aliphatic hydroxyl groups excluding tert-OH is 1. The largest absolute Gasteiger partial charge is 0.395 e. The SMILES string of the molecule is Cc1cncc(-c2cccc(-c3csc(NC(=O)CNC(=O)c4ccc5c(c4)[C@@](C)(CO)CC5)n3)c2)n1. The highest BCUT2D eigenvalue weighted by atomic mass is 32.1. The maximum absolute atomic E-state index is 12.7. The van der Waals surface area contributed by atoms with Crippen LogP contribution in [-0.4, -0.2) is 45.0 Å². The van der Waals surface area contributed by atoms with Crippen LogP contribution in [0.2, 0.25) is 0 Å². The van der Waals surface area contributed by atoms with Gasteiger partial charge < -0.3 is 15.7 Å². The number of aryl methyl sites for hydroxylation is 2. The Morgan fingerprint density at radius 3 is 2.68 bits per heavy atom. The Hall–Kier alpha value is -3.95. The Kier molecular flexibility index (Phi) is 6.82. The van der Waals surface area contributed by atoms with Crippen LogP contribution in [0.1, 0.15) is 40.5 Å². The summed E-state index contributed by atoms with van der Waals surface area (Å²) in [6.45, 7) is 3.76. The summed E-state index contributed by atoms with van der Waals surface area (Å²) in [5, 5.41) is 17.6. The number of hydrogen-bond donors (Lipinski definition) is 3. The van der Waals surface area contributed by atoms with Gasteiger partial charge in [-0.05, 0) is 49.1 Å². The molecule has 5 rings (SSSR count). The lowest BCUT2D eigenvalue weighted by molar-refractivity contribution is -0.115. The molecule has 188 valence electrons. The first-order valence-electron chi connectivity index (χ1n) is 12.0. The molecule has 0 aliphatic heterocycles. The van der Waals surface area contributed by atoms with Crippen LogP contribution in [0.25, 0.3) is 22.5 Å². The van der Waals surface area contributed by atoms with E-state index >= 15 is 0 Å². The van der Waals surface area contributed by atoms with E-state index in [0.717, 1.165) is 52.2 Å². The predicted molar refractivity (Wildman–Crippen MR) is 143 cm³/mol. The maximum atomic E-state index is 12.7. The van der Waals surface area contributed by atoms with Crippen LogP contribution in [0.4, 0.5) is 5.13 Å². The highest BCUT2D eigenvalue weighted by Crippen LogP contribution is 2.38. The van der Waals surface area contributed by atoms with Gasteiger partial charge in [0, 0.05) is 33.7 Å². The van der Waals surface area contributed by atoms with E-state index in [0.29, 0.717) is 10.7 Å². The number of thiazole rings is 1. The lowest BCUT2D eigenvalue weighted by Crippen LogP contribution is -2.33. The number of benzene rings is 2. The Balaban J connectivity index is 1.21. The number of nitrogens with zero attached hydrogens (tertiary/aromatic N) is 3. The minimum absolute atomic E-state index is 0.0353. The van der Waals surface area contributed by atoms with Gasteiger partial charge in [0.1, 0.15) is 0 Å². The fourth-order valence-electron chi connectivity index (χ4n) is 4.54. The van der Waals surface area contributed by atoms with Gasteiger partial charge in [0.2, 0.25) is 5.91 Å². The average Bonchev–Trinajstić information content (AvgIpc) is 3.52. The number of nitrogens with one attached hydrogen (secondary N) is 2. The molecule has 8 nitrogen and oxygen atoms in total. The molecule has 0 fully saturated rings. The van der Waals surface area contributed by atoms with Crippen molar-refractivity contribution in [1.82, 2.24) is 20.3 Å². The van der Waals surface area contributed by atoms with E-state index in [4.69, 9.17) is 0 Å². The van der Waals surface area contributed by atoms with E-state index in [1.54, 1.807) is 18.5 Å². The highest BCUT2D eigenvalue weighted by molar-refractivity contribution is 7.14. The van der Waals surface area contributed by atoms with Crippen molar-refractivity contribution < 1.29 is 14.7 Å². The number of amides is 2. The van der Waals surface area contributed by atoms with Crippen LogP contribution in [0.5, 0.6) is 0 Å². The summed E-state index contributed by atoms with van der Waals surface area (Å²) in [7, 11) is 0. The van der Waals surface area contributed by atoms with Crippen LogP contribution in [0.15, 0.2) is 60.2 Å². The Bertz CT molecular complexity index is 1480. The summed E-state index contributed by atoms with van der Waals surface area (Å²) in [4.78, 5) is 38.5. The first kappa shape index (κ1) is 24.7. The van der Waals surface area contributed by atoms with E-state index < -0.39 is 0 Å². The van der Waals surface area contributed by atoms with Gasteiger partial charge in [0.15, 0.2) is 5.13 Å². The molecule has 1 atom stereocenters. The van der Waals surface area contributed by atoms with Crippen molar-refractivity contribution in [2.45, 2.75) is 32.1 Å². The van der Waals surface area contributed by atoms with E-state index in [1.807, 2.05) is 55.6 Å². The molecule has 0 unspecified atom stereocenters. The third-order valence-electron chi connectivity index (χ3n) is 6.69. The van der Waals surface area contributed by atoms with Crippen LogP contribution >= 0.6 is 11.3 Å². The smallest absolute Gasteiger partial charge is 0.251 e. The zero-order valence-electron chi connectivity index (χ0n) is 20.6. The van der Waals surface area contributed by atoms with Crippen molar-refractivity contribution in [2.24, 2.45) is 0 Å². The highest BCUT2D eigenvalue weighted by Gasteiger charge is 2.34. The maximum Gasteiger partial charge on any atom is 0.251 e. The molecule has 0 bridgehead atoms. The number of aromatic nitrogens is 3. The minimum Gasteiger partial charge on any atom is -0.395 e. The van der Waals surface area contributed by atoms with Gasteiger partial charge in [0.05, 0.1) is 36.4 Å². The lowest BCUT2D eigenvalue weighted by Gasteiger charge is -2.22. The van der Waals surface area contributed by atoms with Gasteiger partial charge in [-0.15, -0.1) is 11.3 Å². The number of aliphatic hydroxyl groups is 1. The minimum atomic E-state index is -0.362. The van der Waals surface area contributed by atoms with Gasteiger partial charge in [0.25, 0.3) is 5.91 Å². The van der Waals surface area contributed by atoms with Gasteiger partial charge in [-0.25, -0.2) is 9.97 Å². The van der Waals surface area contributed by atoms with Crippen LogP contribution in [0, 0.1) is 6.92 Å². The molecule has 9 heteroatoms. The Morgan fingerprint density at radius 1 is 1.08 bits per heavy atom. The molecule has 1 aliphatic carbocycles. The molecule has 0 saturated heterocycles. The van der Waals surface area contributed by atoms with Gasteiger partial charge in [-0.2, -0.15) is 0 Å². The van der Waals surface area contributed by atoms with Gasteiger partial charge in [-0.1, -0.05) is 31.2 Å². The van der Waals surface area contributed by atoms with Crippen LogP contribution < -0.4 is 10.6 Å². The van der Waals surface area contributed by atoms with E-state index in [2.05, 4.69) is 25.6 Å². The molecule has 2 aromatic heterocycles. The second kappa shape index (κ2) is 10.2. The average molecular weight is 514 g/mol. The normalized spacial score (nSPS) is 16.3. The van der Waals surface area contributed by atoms with Gasteiger partial charge >= 0.3 is 0 Å². The molecule has 0 radical (unpaired) electrons. The summed E-state index contributed by atoms with van der Waals surface area (Å²) in [6, 6.07) is 13.4. The molecule has 2 amide bonds. The zero-order chi connectivity index (χ0) is 26.0. The molecule has 2 aromatic carbocycles. The van der Waals surface area contributed by atoms with Crippen molar-refractivity contribution >= 4 is 28.3 Å². The predicted octanol–water partition coefficient (Wildman–Crippen LogP) is 4.14. The third-order valence-corrected chi connectivity index (χ3v) is 7.44. The fraction of sp³-hybridized carbons (Fsp3) is 0.250. The molecule has 0 saturated carbocycles. The Morgan fingerprint density at radius 2 is 1.89 bits per heavy atom. The topological polar surface area (TPSA) is 117 Å². The van der Waals surface area contributed by atoms with E-state index in [1.165, 1.54) is 11.3 Å². The third kappa shape index (κ3) is 5.28. The van der Waals surface area contributed by atoms with Crippen molar-refractivity contribution in [1.29, 1.82) is 0 Å². The fourth-order valence-corrected chi connectivity index (χ4v) is 5.27. The summed E-state index contributed by atoms with van der Waals surface area (Å²) in [6.07, 6.45) is 5.17.